The van der Waals surface area contributed by atoms with Gasteiger partial charge in [-0.15, -0.1) is 11.3 Å². The first-order chi connectivity index (χ1) is 11.6. The molecule has 0 radical (unpaired) electrons. The van der Waals surface area contributed by atoms with Crippen LogP contribution in [0.5, 0.6) is 0 Å². The number of hydrogen-bond acceptors (Lipinski definition) is 4. The predicted molar refractivity (Wildman–Crippen MR) is 85.4 cm³/mol. The molecule has 1 heterocycles. The van der Waals surface area contributed by atoms with Gasteiger partial charge >= 0.3 is 12.1 Å². The van der Waals surface area contributed by atoms with Gasteiger partial charge < -0.3 is 10.0 Å². The molecule has 1 aromatic carbocycles. The first kappa shape index (κ1) is 18.9. The molecule has 1 aromatic heterocycles. The number of alkyl halides is 3. The highest BCUT2D eigenvalue weighted by atomic mass is 32.1. The highest BCUT2D eigenvalue weighted by Crippen LogP contribution is 2.29. The van der Waals surface area contributed by atoms with E-state index in [-0.39, 0.29) is 12.2 Å². The van der Waals surface area contributed by atoms with Crippen LogP contribution in [0.15, 0.2) is 24.3 Å². The van der Waals surface area contributed by atoms with Gasteiger partial charge in [-0.25, -0.2) is 4.98 Å². The molecule has 25 heavy (non-hydrogen) atoms. The van der Waals surface area contributed by atoms with Crippen molar-refractivity contribution in [3.63, 3.8) is 0 Å². The van der Waals surface area contributed by atoms with Gasteiger partial charge in [-0.05, 0) is 31.5 Å². The molecule has 0 aliphatic heterocycles. The predicted octanol–water partition coefficient (Wildman–Crippen LogP) is 3.51. The maximum absolute atomic E-state index is 12.6. The molecule has 1 N–H and O–H groups in total. The molecule has 2 rings (SSSR count). The zero-order valence-corrected chi connectivity index (χ0v) is 14.2. The van der Waals surface area contributed by atoms with Crippen LogP contribution in [-0.2, 0) is 17.5 Å². The molecule has 0 aliphatic carbocycles. The summed E-state index contributed by atoms with van der Waals surface area (Å²) < 4.78 is 37.8. The lowest BCUT2D eigenvalue weighted by Gasteiger charge is -2.20. The second-order valence-corrected chi connectivity index (χ2v) is 6.79. The molecule has 2 aromatic rings. The number of carbonyl (C=O) groups is 2. The minimum atomic E-state index is -4.45. The third-order valence-corrected chi connectivity index (χ3v) is 4.26. The summed E-state index contributed by atoms with van der Waals surface area (Å²) in [5.41, 5.74) is -0.249. The standard InChI is InChI=1S/C16H15F3N2O3S/c1-9-14(20-10(2)25-9)15(24)21(8-13(22)23)7-11-3-5-12(6-4-11)16(17,18)19/h3-6H,7-8H2,1-2H3,(H,22,23). The quantitative estimate of drug-likeness (QED) is 0.872. The maximum atomic E-state index is 12.6. The molecule has 0 saturated heterocycles. The summed E-state index contributed by atoms with van der Waals surface area (Å²) in [6, 6.07) is 4.25. The Kier molecular flexibility index (Phi) is 5.46. The molecule has 9 heteroatoms. The van der Waals surface area contributed by atoms with Crippen molar-refractivity contribution in [1.29, 1.82) is 0 Å². The van der Waals surface area contributed by atoms with Gasteiger partial charge in [0.2, 0.25) is 0 Å². The summed E-state index contributed by atoms with van der Waals surface area (Å²) in [5.74, 6) is -1.78. The minimum absolute atomic E-state index is 0.126. The zero-order valence-electron chi connectivity index (χ0n) is 13.4. The number of carbonyl (C=O) groups excluding carboxylic acids is 1. The van der Waals surface area contributed by atoms with E-state index in [1.54, 1.807) is 13.8 Å². The van der Waals surface area contributed by atoms with Crippen molar-refractivity contribution in [3.8, 4) is 0 Å². The van der Waals surface area contributed by atoms with Gasteiger partial charge in [-0.2, -0.15) is 13.2 Å². The Morgan fingerprint density at radius 3 is 2.24 bits per heavy atom. The maximum Gasteiger partial charge on any atom is 0.416 e. The Labute approximate surface area is 145 Å². The number of amides is 1. The van der Waals surface area contributed by atoms with Gasteiger partial charge in [0, 0.05) is 11.4 Å². The first-order valence-electron chi connectivity index (χ1n) is 7.19. The summed E-state index contributed by atoms with van der Waals surface area (Å²) in [4.78, 5) is 29.4. The largest absolute Gasteiger partial charge is 0.480 e. The van der Waals surface area contributed by atoms with Crippen LogP contribution < -0.4 is 0 Å². The van der Waals surface area contributed by atoms with Crippen molar-refractivity contribution in [1.82, 2.24) is 9.88 Å². The topological polar surface area (TPSA) is 70.5 Å². The molecule has 0 spiro atoms. The summed E-state index contributed by atoms with van der Waals surface area (Å²) in [7, 11) is 0. The Balaban J connectivity index is 2.24. The van der Waals surface area contributed by atoms with E-state index in [2.05, 4.69) is 4.98 Å². The third-order valence-electron chi connectivity index (χ3n) is 3.37. The fourth-order valence-electron chi connectivity index (χ4n) is 2.26. The van der Waals surface area contributed by atoms with E-state index in [1.807, 2.05) is 0 Å². The van der Waals surface area contributed by atoms with Gasteiger partial charge in [-0.1, -0.05) is 12.1 Å². The number of benzene rings is 1. The first-order valence-corrected chi connectivity index (χ1v) is 8.01. The summed E-state index contributed by atoms with van der Waals surface area (Å²) in [5, 5.41) is 9.69. The van der Waals surface area contributed by atoms with E-state index in [0.29, 0.717) is 15.4 Å². The number of aliphatic carboxylic acids is 1. The Bertz CT molecular complexity index is 785. The number of rotatable bonds is 5. The van der Waals surface area contributed by atoms with Crippen LogP contribution in [0.1, 0.15) is 31.5 Å². The highest BCUT2D eigenvalue weighted by Gasteiger charge is 2.30. The van der Waals surface area contributed by atoms with Crippen molar-refractivity contribution in [2.45, 2.75) is 26.6 Å². The number of aryl methyl sites for hydroxylation is 2. The monoisotopic (exact) mass is 372 g/mol. The molecule has 0 unspecified atom stereocenters. The highest BCUT2D eigenvalue weighted by molar-refractivity contribution is 7.11. The fourth-order valence-corrected chi connectivity index (χ4v) is 3.07. The average Bonchev–Trinajstić information content (AvgIpc) is 2.83. The molecule has 0 aliphatic rings. The summed E-state index contributed by atoms with van der Waals surface area (Å²) in [6.07, 6.45) is -4.45. The zero-order chi connectivity index (χ0) is 18.8. The van der Waals surface area contributed by atoms with Crippen molar-refractivity contribution >= 4 is 23.2 Å². The fraction of sp³-hybridized carbons (Fsp3) is 0.312. The van der Waals surface area contributed by atoms with Crippen molar-refractivity contribution in [2.75, 3.05) is 6.54 Å². The van der Waals surface area contributed by atoms with Crippen LogP contribution in [0.2, 0.25) is 0 Å². The van der Waals surface area contributed by atoms with Crippen LogP contribution in [0, 0.1) is 13.8 Å². The Hall–Kier alpha value is -2.42. The number of carboxylic acid groups (broad SMARTS) is 1. The van der Waals surface area contributed by atoms with E-state index in [9.17, 15) is 22.8 Å². The van der Waals surface area contributed by atoms with Crippen LogP contribution in [0.3, 0.4) is 0 Å². The lowest BCUT2D eigenvalue weighted by atomic mass is 10.1. The van der Waals surface area contributed by atoms with Gasteiger partial charge in [0.05, 0.1) is 10.6 Å². The molecular weight excluding hydrogens is 357 g/mol. The molecule has 1 amide bonds. The molecule has 5 nitrogen and oxygen atoms in total. The lowest BCUT2D eigenvalue weighted by Crippen LogP contribution is -2.35. The normalized spacial score (nSPS) is 11.4. The number of hydrogen-bond donors (Lipinski definition) is 1. The third kappa shape index (κ3) is 4.79. The van der Waals surface area contributed by atoms with Crippen molar-refractivity contribution < 1.29 is 27.9 Å². The number of halogens is 3. The van der Waals surface area contributed by atoms with Crippen LogP contribution >= 0.6 is 11.3 Å². The Morgan fingerprint density at radius 1 is 1.20 bits per heavy atom. The van der Waals surface area contributed by atoms with Gasteiger partial charge in [0.1, 0.15) is 12.2 Å². The lowest BCUT2D eigenvalue weighted by molar-refractivity contribution is -0.138. The van der Waals surface area contributed by atoms with Gasteiger partial charge in [-0.3, -0.25) is 9.59 Å². The van der Waals surface area contributed by atoms with E-state index in [4.69, 9.17) is 5.11 Å². The van der Waals surface area contributed by atoms with Gasteiger partial charge in [0.15, 0.2) is 0 Å². The SMILES string of the molecule is Cc1nc(C(=O)N(CC(=O)O)Cc2ccc(C(F)(F)F)cc2)c(C)s1. The van der Waals surface area contributed by atoms with E-state index < -0.39 is 30.2 Å². The number of thiazole rings is 1. The van der Waals surface area contributed by atoms with Crippen molar-refractivity contribution in [3.05, 3.63) is 51.0 Å². The minimum Gasteiger partial charge on any atom is -0.480 e. The second-order valence-electron chi connectivity index (χ2n) is 5.39. The van der Waals surface area contributed by atoms with Gasteiger partial charge in [0.25, 0.3) is 5.91 Å². The van der Waals surface area contributed by atoms with Crippen LogP contribution in [0.25, 0.3) is 0 Å². The van der Waals surface area contributed by atoms with E-state index in [1.165, 1.54) is 23.5 Å². The molecule has 0 bridgehead atoms. The second kappa shape index (κ2) is 7.22. The molecule has 0 fully saturated rings. The van der Waals surface area contributed by atoms with Crippen molar-refractivity contribution in [2.24, 2.45) is 0 Å². The summed E-state index contributed by atoms with van der Waals surface area (Å²) >= 11 is 1.31. The molecular formula is C16H15F3N2O3S. The van der Waals surface area contributed by atoms with Crippen LogP contribution in [-0.4, -0.2) is 33.4 Å². The number of aromatic nitrogens is 1. The van der Waals surface area contributed by atoms with E-state index >= 15 is 0 Å². The van der Waals surface area contributed by atoms with Crippen LogP contribution in [0.4, 0.5) is 13.2 Å². The molecule has 0 atom stereocenters. The van der Waals surface area contributed by atoms with E-state index in [0.717, 1.165) is 17.0 Å². The number of nitrogens with zero attached hydrogens (tertiary/aromatic N) is 2. The Morgan fingerprint density at radius 2 is 1.80 bits per heavy atom. The average molecular weight is 372 g/mol. The smallest absolute Gasteiger partial charge is 0.416 e. The molecule has 0 saturated carbocycles. The number of carboxylic acids is 1. The summed E-state index contributed by atoms with van der Waals surface area (Å²) in [6.45, 7) is 2.73. The molecule has 134 valence electrons.